The molecule has 114 valence electrons. The van der Waals surface area contributed by atoms with Gasteiger partial charge in [-0.2, -0.15) is 0 Å². The van der Waals surface area contributed by atoms with Gasteiger partial charge in [0, 0.05) is 31.5 Å². The first-order chi connectivity index (χ1) is 9.47. The average Bonchev–Trinajstić information content (AvgIpc) is 2.40. The Morgan fingerprint density at radius 3 is 2.50 bits per heavy atom. The van der Waals surface area contributed by atoms with Gasteiger partial charge in [0.25, 0.3) is 5.56 Å². The van der Waals surface area contributed by atoms with Crippen LogP contribution in [-0.2, 0) is 6.54 Å². The summed E-state index contributed by atoms with van der Waals surface area (Å²) in [5.41, 5.74) is -0.0346. The number of nitrogens with zero attached hydrogens (tertiary/aromatic N) is 3. The van der Waals surface area contributed by atoms with Crippen LogP contribution in [0.3, 0.4) is 0 Å². The Balaban J connectivity index is 2.75. The highest BCUT2D eigenvalue weighted by molar-refractivity contribution is 5.32. The van der Waals surface area contributed by atoms with Crippen molar-refractivity contribution < 1.29 is 0 Å². The van der Waals surface area contributed by atoms with Gasteiger partial charge < -0.3 is 14.8 Å². The van der Waals surface area contributed by atoms with Gasteiger partial charge in [-0.3, -0.25) is 4.79 Å². The molecule has 0 aromatic carbocycles. The lowest BCUT2D eigenvalue weighted by Gasteiger charge is -2.23. The molecule has 0 aliphatic heterocycles. The summed E-state index contributed by atoms with van der Waals surface area (Å²) in [6.45, 7) is 14.2. The van der Waals surface area contributed by atoms with Gasteiger partial charge in [-0.1, -0.05) is 27.7 Å². The second-order valence-corrected chi connectivity index (χ2v) is 5.66. The molecule has 0 saturated heterocycles. The zero-order chi connectivity index (χ0) is 15.1. The summed E-state index contributed by atoms with van der Waals surface area (Å²) in [6.07, 6.45) is 3.44. The number of aromatic nitrogens is 2. The van der Waals surface area contributed by atoms with Crippen molar-refractivity contribution in [3.8, 4) is 0 Å². The normalized spacial score (nSPS) is 12.9. The van der Waals surface area contributed by atoms with Crippen LogP contribution in [0.4, 0.5) is 5.82 Å². The molecule has 0 radical (unpaired) electrons. The van der Waals surface area contributed by atoms with Crippen molar-refractivity contribution in [1.82, 2.24) is 14.5 Å². The maximum absolute atomic E-state index is 12.3. The summed E-state index contributed by atoms with van der Waals surface area (Å²) < 4.78 is 1.73. The van der Waals surface area contributed by atoms with Crippen LogP contribution in [0.1, 0.15) is 34.6 Å². The molecule has 1 rings (SSSR count). The molecule has 5 heteroatoms. The number of nitrogens with one attached hydrogen (secondary N) is 1. The third kappa shape index (κ3) is 4.96. The van der Waals surface area contributed by atoms with Gasteiger partial charge in [0.15, 0.2) is 5.82 Å². The van der Waals surface area contributed by atoms with Gasteiger partial charge in [-0.15, -0.1) is 0 Å². The van der Waals surface area contributed by atoms with E-state index in [1.165, 1.54) is 0 Å². The zero-order valence-electron chi connectivity index (χ0n) is 13.4. The zero-order valence-corrected chi connectivity index (χ0v) is 13.4. The predicted octanol–water partition coefficient (Wildman–Crippen LogP) is 2.04. The van der Waals surface area contributed by atoms with Crippen molar-refractivity contribution in [1.29, 1.82) is 0 Å². The molecule has 1 aromatic rings. The van der Waals surface area contributed by atoms with Crippen molar-refractivity contribution >= 4 is 5.82 Å². The third-order valence-corrected chi connectivity index (χ3v) is 3.29. The van der Waals surface area contributed by atoms with Gasteiger partial charge in [-0.25, -0.2) is 4.98 Å². The summed E-state index contributed by atoms with van der Waals surface area (Å²) >= 11 is 0. The quantitative estimate of drug-likeness (QED) is 0.792. The van der Waals surface area contributed by atoms with Crippen LogP contribution >= 0.6 is 0 Å². The smallest absolute Gasteiger partial charge is 0.293 e. The average molecular weight is 280 g/mol. The highest BCUT2D eigenvalue weighted by Gasteiger charge is 2.11. The lowest BCUT2D eigenvalue weighted by atomic mass is 10.2. The molecule has 0 amide bonds. The van der Waals surface area contributed by atoms with Crippen LogP contribution in [0.25, 0.3) is 0 Å². The Kier molecular flexibility index (Phi) is 6.71. The van der Waals surface area contributed by atoms with E-state index < -0.39 is 0 Å². The fraction of sp³-hybridized carbons (Fsp3) is 0.733. The Morgan fingerprint density at radius 2 is 1.95 bits per heavy atom. The second-order valence-electron chi connectivity index (χ2n) is 5.66. The molecule has 0 aliphatic rings. The minimum absolute atomic E-state index is 0.0346. The number of anilines is 1. The maximum atomic E-state index is 12.3. The Labute approximate surface area is 122 Å². The van der Waals surface area contributed by atoms with E-state index in [0.29, 0.717) is 11.7 Å². The van der Waals surface area contributed by atoms with Crippen molar-refractivity contribution in [3.05, 3.63) is 22.7 Å². The van der Waals surface area contributed by atoms with Crippen LogP contribution in [0.2, 0.25) is 0 Å². The number of rotatable bonds is 8. The summed E-state index contributed by atoms with van der Waals surface area (Å²) in [7, 11) is 0. The molecule has 0 aliphatic carbocycles. The van der Waals surface area contributed by atoms with E-state index in [0.717, 1.165) is 26.2 Å². The van der Waals surface area contributed by atoms with E-state index >= 15 is 0 Å². The molecule has 0 fully saturated rings. The highest BCUT2D eigenvalue weighted by atomic mass is 16.1. The SMILES string of the molecule is CCN(CC)CC(C)Nc1nccn(CC(C)C)c1=O. The molecule has 5 nitrogen and oxygen atoms in total. The van der Waals surface area contributed by atoms with E-state index in [-0.39, 0.29) is 11.6 Å². The Hall–Kier alpha value is -1.36. The van der Waals surface area contributed by atoms with E-state index in [2.05, 4.69) is 49.8 Å². The molecule has 0 saturated carbocycles. The monoisotopic (exact) mass is 280 g/mol. The molecule has 1 aromatic heterocycles. The minimum atomic E-state index is -0.0346. The topological polar surface area (TPSA) is 50.2 Å². The molecule has 0 bridgehead atoms. The van der Waals surface area contributed by atoms with E-state index in [4.69, 9.17) is 0 Å². The summed E-state index contributed by atoms with van der Waals surface area (Å²) in [5, 5.41) is 3.24. The van der Waals surface area contributed by atoms with Crippen LogP contribution in [0.15, 0.2) is 17.2 Å². The van der Waals surface area contributed by atoms with E-state index in [1.54, 1.807) is 17.0 Å². The number of likely N-dealkylation sites (N-methyl/N-ethyl adjacent to an activating group) is 1. The lowest BCUT2D eigenvalue weighted by molar-refractivity contribution is 0.294. The molecular formula is C15H28N4O. The Bertz CT molecular complexity index is 451. The number of hydrogen-bond donors (Lipinski definition) is 1. The Morgan fingerprint density at radius 1 is 1.30 bits per heavy atom. The van der Waals surface area contributed by atoms with Crippen LogP contribution in [0.5, 0.6) is 0 Å². The minimum Gasteiger partial charge on any atom is -0.362 e. The number of hydrogen-bond acceptors (Lipinski definition) is 4. The molecule has 1 heterocycles. The van der Waals surface area contributed by atoms with Crippen LogP contribution in [-0.4, -0.2) is 40.1 Å². The summed E-state index contributed by atoms with van der Waals surface area (Å²) in [5.74, 6) is 0.892. The fourth-order valence-electron chi connectivity index (χ4n) is 2.23. The summed E-state index contributed by atoms with van der Waals surface area (Å²) in [4.78, 5) is 18.8. The van der Waals surface area contributed by atoms with Crippen molar-refractivity contribution in [2.75, 3.05) is 25.0 Å². The highest BCUT2D eigenvalue weighted by Crippen LogP contribution is 2.02. The fourth-order valence-corrected chi connectivity index (χ4v) is 2.23. The molecule has 0 spiro atoms. The molecule has 1 unspecified atom stereocenters. The second kappa shape index (κ2) is 8.04. The third-order valence-electron chi connectivity index (χ3n) is 3.29. The van der Waals surface area contributed by atoms with Crippen LogP contribution < -0.4 is 10.9 Å². The van der Waals surface area contributed by atoms with Crippen molar-refractivity contribution in [3.63, 3.8) is 0 Å². The first-order valence-electron chi connectivity index (χ1n) is 7.52. The van der Waals surface area contributed by atoms with Gasteiger partial charge in [0.1, 0.15) is 0 Å². The van der Waals surface area contributed by atoms with E-state index in [1.807, 2.05) is 0 Å². The predicted molar refractivity (Wildman–Crippen MR) is 84.2 cm³/mol. The van der Waals surface area contributed by atoms with Gasteiger partial charge in [0.05, 0.1) is 0 Å². The molecule has 1 atom stereocenters. The van der Waals surface area contributed by atoms with E-state index in [9.17, 15) is 4.79 Å². The van der Waals surface area contributed by atoms with Crippen molar-refractivity contribution in [2.24, 2.45) is 5.92 Å². The van der Waals surface area contributed by atoms with Gasteiger partial charge >= 0.3 is 0 Å². The molecular weight excluding hydrogens is 252 g/mol. The molecule has 1 N–H and O–H groups in total. The first kappa shape index (κ1) is 16.7. The maximum Gasteiger partial charge on any atom is 0.293 e. The van der Waals surface area contributed by atoms with Crippen LogP contribution in [0, 0.1) is 5.92 Å². The standard InChI is InChI=1S/C15H28N4O/c1-6-18(7-2)11-13(5)17-14-15(20)19(9-8-16-14)10-12(3)4/h8-9,12-13H,6-7,10-11H2,1-5H3,(H,16,17). The van der Waals surface area contributed by atoms with Crippen molar-refractivity contribution in [2.45, 2.75) is 47.2 Å². The molecule has 20 heavy (non-hydrogen) atoms. The van der Waals surface area contributed by atoms with Gasteiger partial charge in [-0.05, 0) is 25.9 Å². The summed E-state index contributed by atoms with van der Waals surface area (Å²) in [6, 6.07) is 0.199. The lowest BCUT2D eigenvalue weighted by Crippen LogP contribution is -2.37. The largest absolute Gasteiger partial charge is 0.362 e. The van der Waals surface area contributed by atoms with Gasteiger partial charge in [0.2, 0.25) is 0 Å². The first-order valence-corrected chi connectivity index (χ1v) is 7.52.